The second-order valence-electron chi connectivity index (χ2n) is 6.13. The van der Waals surface area contributed by atoms with Crippen LogP contribution in [0.15, 0.2) is 54.9 Å². The molecule has 0 radical (unpaired) electrons. The average Bonchev–Trinajstić information content (AvgIpc) is 3.16. The van der Waals surface area contributed by atoms with Crippen LogP contribution in [-0.4, -0.2) is 38.0 Å². The van der Waals surface area contributed by atoms with E-state index in [0.717, 1.165) is 5.82 Å². The Kier molecular flexibility index (Phi) is 4.60. The van der Waals surface area contributed by atoms with Crippen molar-refractivity contribution in [2.24, 2.45) is 0 Å². The number of para-hydroxylation sites is 1. The Morgan fingerprint density at radius 1 is 1.04 bits per heavy atom. The number of amides is 2. The molecule has 8 heteroatoms. The molecule has 1 N–H and O–H groups in total. The number of nitrogens with one attached hydrogen (secondary N) is 1. The number of fused-ring (bicyclic) bond motifs is 1. The molecule has 1 aromatic heterocycles. The second kappa shape index (κ2) is 7.20. The van der Waals surface area contributed by atoms with Crippen LogP contribution in [0.1, 0.15) is 26.5 Å². The van der Waals surface area contributed by atoms with Gasteiger partial charge in [-0.05, 0) is 36.4 Å². The molecular weight excluding hydrogens is 366 g/mol. The van der Waals surface area contributed by atoms with Crippen molar-refractivity contribution in [3.63, 3.8) is 0 Å². The van der Waals surface area contributed by atoms with Crippen molar-refractivity contribution in [1.82, 2.24) is 19.7 Å². The van der Waals surface area contributed by atoms with Gasteiger partial charge in [-0.1, -0.05) is 23.7 Å². The topological polar surface area (TPSA) is 80.1 Å². The van der Waals surface area contributed by atoms with Crippen LogP contribution in [0.4, 0.5) is 5.69 Å². The van der Waals surface area contributed by atoms with Gasteiger partial charge >= 0.3 is 0 Å². The lowest BCUT2D eigenvalue weighted by atomic mass is 10.1. The van der Waals surface area contributed by atoms with Crippen molar-refractivity contribution in [3.8, 4) is 0 Å². The summed E-state index contributed by atoms with van der Waals surface area (Å²) in [4.78, 5) is 31.4. The van der Waals surface area contributed by atoms with Crippen LogP contribution in [0, 0.1) is 0 Å². The summed E-state index contributed by atoms with van der Waals surface area (Å²) in [5.74, 6) is 0.291. The largest absolute Gasteiger partial charge is 0.329 e. The molecule has 27 heavy (non-hydrogen) atoms. The van der Waals surface area contributed by atoms with Gasteiger partial charge in [-0.3, -0.25) is 9.59 Å². The predicted octanol–water partition coefficient (Wildman–Crippen LogP) is 2.84. The summed E-state index contributed by atoms with van der Waals surface area (Å²) < 4.78 is 1.79. The molecule has 0 bridgehead atoms. The Balaban J connectivity index is 1.55. The van der Waals surface area contributed by atoms with Crippen LogP contribution < -0.4 is 5.32 Å². The SMILES string of the molecule is O=C(Nc1ccccc1C(=O)N1CCn2ncnc2C1)c1ccc(Cl)cc1. The maximum absolute atomic E-state index is 13.0. The fourth-order valence-electron chi connectivity index (χ4n) is 2.98. The highest BCUT2D eigenvalue weighted by atomic mass is 35.5. The maximum Gasteiger partial charge on any atom is 0.256 e. The number of nitrogens with zero attached hydrogens (tertiary/aromatic N) is 4. The Bertz CT molecular complexity index is 999. The van der Waals surface area contributed by atoms with Gasteiger partial charge in [-0.15, -0.1) is 0 Å². The van der Waals surface area contributed by atoms with Gasteiger partial charge < -0.3 is 10.2 Å². The van der Waals surface area contributed by atoms with Gasteiger partial charge in [-0.25, -0.2) is 9.67 Å². The van der Waals surface area contributed by atoms with E-state index in [9.17, 15) is 9.59 Å². The third kappa shape index (κ3) is 3.54. The second-order valence-corrected chi connectivity index (χ2v) is 6.57. The van der Waals surface area contributed by atoms with E-state index in [1.807, 2.05) is 0 Å². The van der Waals surface area contributed by atoms with Gasteiger partial charge in [0, 0.05) is 17.1 Å². The predicted molar refractivity (Wildman–Crippen MR) is 101 cm³/mol. The van der Waals surface area contributed by atoms with Crippen LogP contribution in [0.5, 0.6) is 0 Å². The van der Waals surface area contributed by atoms with E-state index >= 15 is 0 Å². The summed E-state index contributed by atoms with van der Waals surface area (Å²) in [6.07, 6.45) is 1.49. The van der Waals surface area contributed by atoms with Crippen molar-refractivity contribution in [2.75, 3.05) is 11.9 Å². The molecule has 0 unspecified atom stereocenters. The van der Waals surface area contributed by atoms with Crippen LogP contribution in [0.25, 0.3) is 0 Å². The minimum Gasteiger partial charge on any atom is -0.329 e. The summed E-state index contributed by atoms with van der Waals surface area (Å²) in [5, 5.41) is 7.49. The van der Waals surface area contributed by atoms with E-state index in [4.69, 9.17) is 11.6 Å². The van der Waals surface area contributed by atoms with Crippen LogP contribution in [-0.2, 0) is 13.1 Å². The molecule has 1 aliphatic heterocycles. The van der Waals surface area contributed by atoms with E-state index < -0.39 is 0 Å². The highest BCUT2D eigenvalue weighted by Crippen LogP contribution is 2.21. The number of halogens is 1. The van der Waals surface area contributed by atoms with Gasteiger partial charge in [0.25, 0.3) is 11.8 Å². The zero-order chi connectivity index (χ0) is 18.8. The van der Waals surface area contributed by atoms with E-state index in [2.05, 4.69) is 15.4 Å². The van der Waals surface area contributed by atoms with Crippen molar-refractivity contribution in [3.05, 3.63) is 76.8 Å². The Hall–Kier alpha value is -3.19. The molecule has 136 valence electrons. The highest BCUT2D eigenvalue weighted by molar-refractivity contribution is 6.30. The summed E-state index contributed by atoms with van der Waals surface area (Å²) in [6.45, 7) is 1.52. The van der Waals surface area contributed by atoms with Crippen LogP contribution >= 0.6 is 11.6 Å². The summed E-state index contributed by atoms with van der Waals surface area (Å²) >= 11 is 5.86. The fraction of sp³-hybridized carbons (Fsp3) is 0.158. The number of aromatic nitrogens is 3. The van der Waals surface area contributed by atoms with E-state index in [-0.39, 0.29) is 11.8 Å². The van der Waals surface area contributed by atoms with Crippen molar-refractivity contribution in [2.45, 2.75) is 13.1 Å². The molecule has 0 aliphatic carbocycles. The smallest absolute Gasteiger partial charge is 0.256 e. The molecule has 0 saturated carbocycles. The third-order valence-electron chi connectivity index (χ3n) is 4.41. The van der Waals surface area contributed by atoms with E-state index in [0.29, 0.717) is 41.5 Å². The molecular formula is C19H16ClN5O2. The van der Waals surface area contributed by atoms with Crippen LogP contribution in [0.3, 0.4) is 0 Å². The van der Waals surface area contributed by atoms with Gasteiger partial charge in [0.05, 0.1) is 24.3 Å². The van der Waals surface area contributed by atoms with E-state index in [1.165, 1.54) is 6.33 Å². The number of hydrogen-bond acceptors (Lipinski definition) is 4. The number of rotatable bonds is 3. The van der Waals surface area contributed by atoms with Crippen molar-refractivity contribution >= 4 is 29.1 Å². The number of anilines is 1. The number of hydrogen-bond donors (Lipinski definition) is 1. The molecule has 1 aliphatic rings. The number of carbonyl (C=O) groups is 2. The fourth-order valence-corrected chi connectivity index (χ4v) is 3.11. The first-order valence-electron chi connectivity index (χ1n) is 8.44. The van der Waals surface area contributed by atoms with E-state index in [1.54, 1.807) is 58.1 Å². The standard InChI is InChI=1S/C19H16ClN5O2/c20-14-7-5-13(6-8-14)18(26)23-16-4-2-1-3-15(16)19(27)24-9-10-25-17(11-24)21-12-22-25/h1-8,12H,9-11H2,(H,23,26). The lowest BCUT2D eigenvalue weighted by molar-refractivity contribution is 0.0703. The van der Waals surface area contributed by atoms with Gasteiger partial charge in [0.2, 0.25) is 0 Å². The summed E-state index contributed by atoms with van der Waals surface area (Å²) in [6, 6.07) is 13.6. The molecule has 2 amide bonds. The molecule has 0 atom stereocenters. The third-order valence-corrected chi connectivity index (χ3v) is 4.66. The minimum atomic E-state index is -0.301. The molecule has 0 spiro atoms. The van der Waals surface area contributed by atoms with Crippen molar-refractivity contribution < 1.29 is 9.59 Å². The Morgan fingerprint density at radius 3 is 2.63 bits per heavy atom. The number of benzene rings is 2. The molecule has 7 nitrogen and oxygen atoms in total. The summed E-state index contributed by atoms with van der Waals surface area (Å²) in [5.41, 5.74) is 1.37. The molecule has 3 aromatic rings. The zero-order valence-electron chi connectivity index (χ0n) is 14.3. The van der Waals surface area contributed by atoms with Gasteiger partial charge in [-0.2, -0.15) is 5.10 Å². The first kappa shape index (κ1) is 17.2. The molecule has 0 fully saturated rings. The Labute approximate surface area is 160 Å². The van der Waals surface area contributed by atoms with Crippen molar-refractivity contribution in [1.29, 1.82) is 0 Å². The molecule has 4 rings (SSSR count). The molecule has 0 saturated heterocycles. The highest BCUT2D eigenvalue weighted by Gasteiger charge is 2.25. The Morgan fingerprint density at radius 2 is 1.81 bits per heavy atom. The first-order valence-corrected chi connectivity index (χ1v) is 8.81. The molecule has 2 heterocycles. The lowest BCUT2D eigenvalue weighted by Gasteiger charge is -2.27. The first-order chi connectivity index (χ1) is 13.1. The van der Waals surface area contributed by atoms with Gasteiger partial charge in [0.1, 0.15) is 12.2 Å². The summed E-state index contributed by atoms with van der Waals surface area (Å²) in [7, 11) is 0. The number of carbonyl (C=O) groups excluding carboxylic acids is 2. The quantitative estimate of drug-likeness (QED) is 0.756. The lowest BCUT2D eigenvalue weighted by Crippen LogP contribution is -2.39. The maximum atomic E-state index is 13.0. The molecule has 2 aromatic carbocycles. The van der Waals surface area contributed by atoms with Crippen LogP contribution in [0.2, 0.25) is 5.02 Å². The normalized spacial score (nSPS) is 13.1. The monoisotopic (exact) mass is 381 g/mol. The average molecular weight is 382 g/mol. The van der Waals surface area contributed by atoms with Gasteiger partial charge in [0.15, 0.2) is 0 Å². The zero-order valence-corrected chi connectivity index (χ0v) is 15.1. The minimum absolute atomic E-state index is 0.156.